The first-order chi connectivity index (χ1) is 5.92. The molecular formula is C10H11NO. The van der Waals surface area contributed by atoms with Crippen molar-refractivity contribution in [2.24, 2.45) is 4.99 Å². The zero-order chi connectivity index (χ0) is 8.39. The first-order valence-corrected chi connectivity index (χ1v) is 4.01. The number of hydrogen-bond acceptors (Lipinski definition) is 2. The second kappa shape index (κ2) is 3.07. The molecule has 2 nitrogen and oxygen atoms in total. The van der Waals surface area contributed by atoms with Crippen LogP contribution in [0, 0.1) is 0 Å². The van der Waals surface area contributed by atoms with E-state index in [9.17, 15) is 0 Å². The Kier molecular flexibility index (Phi) is 1.92. The SMILES string of the molecule is C=NCc1cccc2c1COC2. The average molecular weight is 161 g/mol. The van der Waals surface area contributed by atoms with Crippen molar-refractivity contribution in [3.05, 3.63) is 34.9 Å². The van der Waals surface area contributed by atoms with E-state index < -0.39 is 0 Å². The van der Waals surface area contributed by atoms with E-state index in [2.05, 4.69) is 23.8 Å². The molecule has 0 amide bonds. The van der Waals surface area contributed by atoms with Crippen LogP contribution in [0.1, 0.15) is 16.7 Å². The van der Waals surface area contributed by atoms with E-state index in [1.165, 1.54) is 16.7 Å². The second-order valence-corrected chi connectivity index (χ2v) is 2.93. The van der Waals surface area contributed by atoms with E-state index in [0.717, 1.165) is 13.2 Å². The third-order valence-electron chi connectivity index (χ3n) is 2.16. The molecule has 1 aliphatic heterocycles. The van der Waals surface area contributed by atoms with Crippen LogP contribution in [0.5, 0.6) is 0 Å². The molecule has 0 radical (unpaired) electrons. The zero-order valence-electron chi connectivity index (χ0n) is 6.92. The number of benzene rings is 1. The first kappa shape index (κ1) is 7.50. The van der Waals surface area contributed by atoms with Crippen molar-refractivity contribution < 1.29 is 4.74 Å². The van der Waals surface area contributed by atoms with Gasteiger partial charge in [0.1, 0.15) is 0 Å². The molecule has 0 aliphatic carbocycles. The Morgan fingerprint density at radius 3 is 3.17 bits per heavy atom. The predicted octanol–water partition coefficient (Wildman–Crippen LogP) is 1.92. The molecule has 62 valence electrons. The molecule has 0 saturated heterocycles. The summed E-state index contributed by atoms with van der Waals surface area (Å²) in [5, 5.41) is 0. The van der Waals surface area contributed by atoms with Crippen molar-refractivity contribution in [3.8, 4) is 0 Å². The van der Waals surface area contributed by atoms with Gasteiger partial charge in [0.2, 0.25) is 0 Å². The smallest absolute Gasteiger partial charge is 0.0728 e. The second-order valence-electron chi connectivity index (χ2n) is 2.93. The van der Waals surface area contributed by atoms with Crippen molar-refractivity contribution >= 4 is 6.72 Å². The highest BCUT2D eigenvalue weighted by Gasteiger charge is 2.13. The standard InChI is InChI=1S/C10H11NO/c1-11-5-8-3-2-4-9-6-12-7-10(8)9/h2-4H,1,5-7H2. The van der Waals surface area contributed by atoms with Crippen LogP contribution in [-0.4, -0.2) is 6.72 Å². The van der Waals surface area contributed by atoms with Crippen LogP contribution >= 0.6 is 0 Å². The predicted molar refractivity (Wildman–Crippen MR) is 48.2 cm³/mol. The molecule has 0 N–H and O–H groups in total. The number of fused-ring (bicyclic) bond motifs is 1. The highest BCUT2D eigenvalue weighted by molar-refractivity contribution is 5.37. The van der Waals surface area contributed by atoms with E-state index in [1.807, 2.05) is 6.07 Å². The van der Waals surface area contributed by atoms with Crippen LogP contribution in [0.3, 0.4) is 0 Å². The minimum Gasteiger partial charge on any atom is -0.372 e. The molecule has 0 saturated carbocycles. The lowest BCUT2D eigenvalue weighted by molar-refractivity contribution is 0.134. The van der Waals surface area contributed by atoms with E-state index in [1.54, 1.807) is 0 Å². The molecule has 0 aromatic heterocycles. The minimum atomic E-state index is 0.701. The van der Waals surface area contributed by atoms with Gasteiger partial charge in [-0.05, 0) is 23.4 Å². The molecule has 0 spiro atoms. The van der Waals surface area contributed by atoms with Gasteiger partial charge in [0.05, 0.1) is 19.8 Å². The van der Waals surface area contributed by atoms with Crippen LogP contribution < -0.4 is 0 Å². The summed E-state index contributed by atoms with van der Waals surface area (Å²) in [5.41, 5.74) is 3.86. The number of hydrogen-bond donors (Lipinski definition) is 0. The van der Waals surface area contributed by atoms with Crippen molar-refractivity contribution in [1.29, 1.82) is 0 Å². The summed E-state index contributed by atoms with van der Waals surface area (Å²) in [6.07, 6.45) is 0. The lowest BCUT2D eigenvalue weighted by atomic mass is 10.0. The highest BCUT2D eigenvalue weighted by atomic mass is 16.5. The highest BCUT2D eigenvalue weighted by Crippen LogP contribution is 2.23. The van der Waals surface area contributed by atoms with Crippen molar-refractivity contribution in [1.82, 2.24) is 0 Å². The Hall–Kier alpha value is -1.15. The third-order valence-corrected chi connectivity index (χ3v) is 2.16. The molecule has 12 heavy (non-hydrogen) atoms. The van der Waals surface area contributed by atoms with Gasteiger partial charge >= 0.3 is 0 Å². The summed E-state index contributed by atoms with van der Waals surface area (Å²) in [4.78, 5) is 3.88. The van der Waals surface area contributed by atoms with Crippen molar-refractivity contribution in [2.75, 3.05) is 0 Å². The number of ether oxygens (including phenoxy) is 1. The van der Waals surface area contributed by atoms with Crippen molar-refractivity contribution in [2.45, 2.75) is 19.8 Å². The molecule has 0 unspecified atom stereocenters. The van der Waals surface area contributed by atoms with Gasteiger partial charge in [-0.15, -0.1) is 0 Å². The summed E-state index contributed by atoms with van der Waals surface area (Å²) in [7, 11) is 0. The van der Waals surface area contributed by atoms with Crippen molar-refractivity contribution in [3.63, 3.8) is 0 Å². The summed E-state index contributed by atoms with van der Waals surface area (Å²) < 4.78 is 5.34. The van der Waals surface area contributed by atoms with Gasteiger partial charge in [-0.1, -0.05) is 18.2 Å². The lowest BCUT2D eigenvalue weighted by Crippen LogP contribution is -1.90. The first-order valence-electron chi connectivity index (χ1n) is 4.01. The maximum Gasteiger partial charge on any atom is 0.0728 e. The molecule has 2 rings (SSSR count). The van der Waals surface area contributed by atoms with Crippen LogP contribution in [-0.2, 0) is 24.5 Å². The summed E-state index contributed by atoms with van der Waals surface area (Å²) >= 11 is 0. The van der Waals surface area contributed by atoms with Gasteiger partial charge < -0.3 is 4.74 Å². The van der Waals surface area contributed by atoms with E-state index in [-0.39, 0.29) is 0 Å². The van der Waals surface area contributed by atoms with Gasteiger partial charge in [0.15, 0.2) is 0 Å². The monoisotopic (exact) mass is 161 g/mol. The maximum atomic E-state index is 5.34. The molecule has 0 bridgehead atoms. The maximum absolute atomic E-state index is 5.34. The molecule has 0 atom stereocenters. The number of nitrogens with zero attached hydrogens (tertiary/aromatic N) is 1. The van der Waals surface area contributed by atoms with Crippen LogP contribution in [0.25, 0.3) is 0 Å². The average Bonchev–Trinajstić information content (AvgIpc) is 2.53. The topological polar surface area (TPSA) is 21.6 Å². The van der Waals surface area contributed by atoms with E-state index >= 15 is 0 Å². The fraction of sp³-hybridized carbons (Fsp3) is 0.300. The Labute approximate surface area is 71.9 Å². The quantitative estimate of drug-likeness (QED) is 0.607. The third kappa shape index (κ3) is 1.14. The molecule has 1 aromatic rings. The summed E-state index contributed by atoms with van der Waals surface area (Å²) in [6, 6.07) is 6.24. The molecule has 1 aliphatic rings. The molecule has 1 aromatic carbocycles. The summed E-state index contributed by atoms with van der Waals surface area (Å²) in [5.74, 6) is 0. The number of rotatable bonds is 2. The normalized spacial score (nSPS) is 14.3. The van der Waals surface area contributed by atoms with Gasteiger partial charge in [0, 0.05) is 0 Å². The van der Waals surface area contributed by atoms with Gasteiger partial charge in [-0.2, -0.15) is 0 Å². The lowest BCUT2D eigenvalue weighted by Gasteiger charge is -2.02. The van der Waals surface area contributed by atoms with E-state index in [0.29, 0.717) is 6.54 Å². The Morgan fingerprint density at radius 1 is 1.42 bits per heavy atom. The number of aliphatic imine (C=N–C) groups is 1. The Bertz CT molecular complexity index is 307. The molecule has 0 fully saturated rings. The fourth-order valence-corrected chi connectivity index (χ4v) is 1.54. The Morgan fingerprint density at radius 2 is 2.33 bits per heavy atom. The molecule has 2 heteroatoms. The van der Waals surface area contributed by atoms with Gasteiger partial charge in [-0.3, -0.25) is 4.99 Å². The Balaban J connectivity index is 2.42. The summed E-state index contributed by atoms with van der Waals surface area (Å²) in [6.45, 7) is 5.68. The van der Waals surface area contributed by atoms with Gasteiger partial charge in [-0.25, -0.2) is 0 Å². The van der Waals surface area contributed by atoms with Crippen LogP contribution in [0.2, 0.25) is 0 Å². The largest absolute Gasteiger partial charge is 0.372 e. The van der Waals surface area contributed by atoms with Gasteiger partial charge in [0.25, 0.3) is 0 Å². The zero-order valence-corrected chi connectivity index (χ0v) is 6.92. The van der Waals surface area contributed by atoms with Crippen LogP contribution in [0.4, 0.5) is 0 Å². The fourth-order valence-electron chi connectivity index (χ4n) is 1.54. The molecular weight excluding hydrogens is 150 g/mol. The minimum absolute atomic E-state index is 0.701. The van der Waals surface area contributed by atoms with Crippen LogP contribution in [0.15, 0.2) is 23.2 Å². The molecule has 1 heterocycles. The van der Waals surface area contributed by atoms with E-state index in [4.69, 9.17) is 4.74 Å².